The smallest absolute Gasteiger partial charge is 0.128 e. The highest BCUT2D eigenvalue weighted by molar-refractivity contribution is 5.29. The SMILES string of the molecule is CCOCCOc1ccncc1CO. The molecule has 0 aliphatic rings. The molecule has 14 heavy (non-hydrogen) atoms. The van der Waals surface area contributed by atoms with Crippen LogP contribution in [0.3, 0.4) is 0 Å². The Labute approximate surface area is 83.5 Å². The van der Waals surface area contributed by atoms with Gasteiger partial charge in [-0.05, 0) is 13.0 Å². The number of aliphatic hydroxyl groups excluding tert-OH is 1. The number of aromatic nitrogens is 1. The largest absolute Gasteiger partial charge is 0.491 e. The summed E-state index contributed by atoms with van der Waals surface area (Å²) in [6.07, 6.45) is 3.23. The Kier molecular flexibility index (Phi) is 4.96. The molecule has 1 aromatic heterocycles. The number of nitrogens with zero attached hydrogens (tertiary/aromatic N) is 1. The Hall–Kier alpha value is -1.13. The topological polar surface area (TPSA) is 51.6 Å². The molecule has 0 amide bonds. The Morgan fingerprint density at radius 2 is 2.29 bits per heavy atom. The molecule has 0 aromatic carbocycles. The van der Waals surface area contributed by atoms with Gasteiger partial charge in [0, 0.05) is 24.6 Å². The van der Waals surface area contributed by atoms with E-state index in [9.17, 15) is 0 Å². The second kappa shape index (κ2) is 6.34. The van der Waals surface area contributed by atoms with Gasteiger partial charge in [-0.15, -0.1) is 0 Å². The number of ether oxygens (including phenoxy) is 2. The van der Waals surface area contributed by atoms with E-state index in [0.717, 1.165) is 0 Å². The van der Waals surface area contributed by atoms with Crippen molar-refractivity contribution in [2.24, 2.45) is 0 Å². The van der Waals surface area contributed by atoms with Crippen LogP contribution in [0.4, 0.5) is 0 Å². The molecular weight excluding hydrogens is 182 g/mol. The average molecular weight is 197 g/mol. The van der Waals surface area contributed by atoms with E-state index < -0.39 is 0 Å². The van der Waals surface area contributed by atoms with Crippen LogP contribution in [0.5, 0.6) is 5.75 Å². The van der Waals surface area contributed by atoms with Crippen LogP contribution in [0.1, 0.15) is 12.5 Å². The van der Waals surface area contributed by atoms with E-state index in [-0.39, 0.29) is 6.61 Å². The molecule has 4 heteroatoms. The third-order valence-electron chi connectivity index (χ3n) is 1.72. The molecule has 1 rings (SSSR count). The summed E-state index contributed by atoms with van der Waals surface area (Å²) >= 11 is 0. The van der Waals surface area contributed by atoms with Gasteiger partial charge in [0.15, 0.2) is 0 Å². The van der Waals surface area contributed by atoms with Crippen LogP contribution in [0.2, 0.25) is 0 Å². The van der Waals surface area contributed by atoms with Gasteiger partial charge in [-0.3, -0.25) is 4.98 Å². The van der Waals surface area contributed by atoms with Crippen LogP contribution in [0, 0.1) is 0 Å². The van der Waals surface area contributed by atoms with Gasteiger partial charge in [0.25, 0.3) is 0 Å². The fourth-order valence-corrected chi connectivity index (χ4v) is 1.03. The minimum absolute atomic E-state index is 0.0577. The van der Waals surface area contributed by atoms with E-state index in [1.807, 2.05) is 6.92 Å². The molecule has 1 heterocycles. The van der Waals surface area contributed by atoms with Gasteiger partial charge in [-0.1, -0.05) is 0 Å². The summed E-state index contributed by atoms with van der Waals surface area (Å²) in [6, 6.07) is 1.73. The second-order valence-electron chi connectivity index (χ2n) is 2.69. The molecule has 0 atom stereocenters. The fraction of sp³-hybridized carbons (Fsp3) is 0.500. The zero-order valence-corrected chi connectivity index (χ0v) is 8.27. The molecule has 1 N–H and O–H groups in total. The third kappa shape index (κ3) is 3.32. The Morgan fingerprint density at radius 1 is 1.43 bits per heavy atom. The zero-order chi connectivity index (χ0) is 10.2. The standard InChI is InChI=1S/C10H15NO3/c1-2-13-5-6-14-10-3-4-11-7-9(10)8-12/h3-4,7,12H,2,5-6,8H2,1H3. The summed E-state index contributed by atoms with van der Waals surface area (Å²) in [5, 5.41) is 8.97. The van der Waals surface area contributed by atoms with Crippen molar-refractivity contribution in [1.82, 2.24) is 4.98 Å². The van der Waals surface area contributed by atoms with Crippen molar-refractivity contribution in [3.63, 3.8) is 0 Å². The lowest BCUT2D eigenvalue weighted by Gasteiger charge is -2.08. The Bertz CT molecular complexity index is 265. The number of aliphatic hydroxyl groups is 1. The highest BCUT2D eigenvalue weighted by atomic mass is 16.5. The molecule has 0 aliphatic heterocycles. The van der Waals surface area contributed by atoms with Crippen LogP contribution in [-0.2, 0) is 11.3 Å². The first kappa shape index (κ1) is 10.9. The summed E-state index contributed by atoms with van der Waals surface area (Å²) < 4.78 is 10.5. The quantitative estimate of drug-likeness (QED) is 0.691. The third-order valence-corrected chi connectivity index (χ3v) is 1.72. The predicted octanol–water partition coefficient (Wildman–Crippen LogP) is 0.989. The molecule has 0 radical (unpaired) electrons. The van der Waals surface area contributed by atoms with Crippen molar-refractivity contribution < 1.29 is 14.6 Å². The van der Waals surface area contributed by atoms with Gasteiger partial charge in [-0.2, -0.15) is 0 Å². The number of pyridine rings is 1. The van der Waals surface area contributed by atoms with Crippen LogP contribution < -0.4 is 4.74 Å². The Morgan fingerprint density at radius 3 is 3.00 bits per heavy atom. The molecular formula is C10H15NO3. The minimum atomic E-state index is -0.0577. The summed E-state index contributed by atoms with van der Waals surface area (Å²) in [7, 11) is 0. The molecule has 0 spiro atoms. The molecule has 0 saturated carbocycles. The first-order chi connectivity index (χ1) is 6.88. The van der Waals surface area contributed by atoms with Gasteiger partial charge in [0.2, 0.25) is 0 Å². The second-order valence-corrected chi connectivity index (χ2v) is 2.69. The highest BCUT2D eigenvalue weighted by Crippen LogP contribution is 2.15. The molecule has 0 bridgehead atoms. The van der Waals surface area contributed by atoms with Crippen molar-refractivity contribution in [1.29, 1.82) is 0 Å². The predicted molar refractivity (Wildman–Crippen MR) is 52.1 cm³/mol. The van der Waals surface area contributed by atoms with Crippen molar-refractivity contribution >= 4 is 0 Å². The van der Waals surface area contributed by atoms with E-state index in [0.29, 0.717) is 31.1 Å². The van der Waals surface area contributed by atoms with E-state index in [4.69, 9.17) is 14.6 Å². The minimum Gasteiger partial charge on any atom is -0.491 e. The number of hydrogen-bond acceptors (Lipinski definition) is 4. The van der Waals surface area contributed by atoms with Crippen LogP contribution >= 0.6 is 0 Å². The molecule has 0 aliphatic carbocycles. The molecule has 0 fully saturated rings. The van der Waals surface area contributed by atoms with Crippen LogP contribution in [-0.4, -0.2) is 29.9 Å². The van der Waals surface area contributed by atoms with Gasteiger partial charge in [0.05, 0.1) is 13.2 Å². The maximum Gasteiger partial charge on any atom is 0.128 e. The van der Waals surface area contributed by atoms with Crippen LogP contribution in [0.25, 0.3) is 0 Å². The molecule has 0 saturated heterocycles. The first-order valence-corrected chi connectivity index (χ1v) is 4.62. The molecule has 4 nitrogen and oxygen atoms in total. The molecule has 0 unspecified atom stereocenters. The number of rotatable bonds is 6. The van der Waals surface area contributed by atoms with Crippen molar-refractivity contribution in [3.05, 3.63) is 24.0 Å². The summed E-state index contributed by atoms with van der Waals surface area (Å²) in [6.45, 7) is 3.62. The normalized spacial score (nSPS) is 10.1. The van der Waals surface area contributed by atoms with Crippen molar-refractivity contribution in [2.45, 2.75) is 13.5 Å². The maximum absolute atomic E-state index is 8.97. The maximum atomic E-state index is 8.97. The highest BCUT2D eigenvalue weighted by Gasteiger charge is 2.01. The lowest BCUT2D eigenvalue weighted by atomic mass is 10.3. The fourth-order valence-electron chi connectivity index (χ4n) is 1.03. The summed E-state index contributed by atoms with van der Waals surface area (Å²) in [4.78, 5) is 3.89. The number of hydrogen-bond donors (Lipinski definition) is 1. The van der Waals surface area contributed by atoms with E-state index in [1.54, 1.807) is 18.5 Å². The van der Waals surface area contributed by atoms with Crippen LogP contribution in [0.15, 0.2) is 18.5 Å². The lowest BCUT2D eigenvalue weighted by Crippen LogP contribution is -2.07. The van der Waals surface area contributed by atoms with Gasteiger partial charge >= 0.3 is 0 Å². The van der Waals surface area contributed by atoms with Gasteiger partial charge in [0.1, 0.15) is 12.4 Å². The summed E-state index contributed by atoms with van der Waals surface area (Å²) in [5.74, 6) is 0.669. The van der Waals surface area contributed by atoms with Gasteiger partial charge < -0.3 is 14.6 Å². The van der Waals surface area contributed by atoms with E-state index >= 15 is 0 Å². The van der Waals surface area contributed by atoms with E-state index in [1.165, 1.54) is 0 Å². The van der Waals surface area contributed by atoms with Crippen molar-refractivity contribution in [3.8, 4) is 5.75 Å². The first-order valence-electron chi connectivity index (χ1n) is 4.62. The molecule has 1 aromatic rings. The summed E-state index contributed by atoms with van der Waals surface area (Å²) in [5.41, 5.74) is 0.698. The Balaban J connectivity index is 2.41. The lowest BCUT2D eigenvalue weighted by molar-refractivity contribution is 0.109. The van der Waals surface area contributed by atoms with Crippen molar-refractivity contribution in [2.75, 3.05) is 19.8 Å². The monoisotopic (exact) mass is 197 g/mol. The average Bonchev–Trinajstić information content (AvgIpc) is 2.25. The van der Waals surface area contributed by atoms with E-state index in [2.05, 4.69) is 4.98 Å². The van der Waals surface area contributed by atoms with Gasteiger partial charge in [-0.25, -0.2) is 0 Å². The molecule has 78 valence electrons. The zero-order valence-electron chi connectivity index (χ0n) is 8.27.